The van der Waals surface area contributed by atoms with E-state index in [1.165, 1.54) is 0 Å². The smallest absolute Gasteiger partial charge is 0.216 e. The predicted octanol–water partition coefficient (Wildman–Crippen LogP) is 1.37. The molecule has 0 aliphatic heterocycles. The second kappa shape index (κ2) is 2.62. The van der Waals surface area contributed by atoms with Crippen LogP contribution in [0.1, 0.15) is 19.3 Å². The summed E-state index contributed by atoms with van der Waals surface area (Å²) < 4.78 is 0. The first-order valence-corrected chi connectivity index (χ1v) is 3.09. The van der Waals surface area contributed by atoms with Crippen LogP contribution in [0.3, 0.4) is 0 Å². The van der Waals surface area contributed by atoms with Crippen molar-refractivity contribution in [1.82, 2.24) is 0 Å². The second-order valence-corrected chi connectivity index (χ2v) is 2.22. The fourth-order valence-electron chi connectivity index (χ4n) is 0.969. The third kappa shape index (κ3) is 1.52. The van der Waals surface area contributed by atoms with E-state index in [9.17, 15) is 10.1 Å². The lowest BCUT2D eigenvalue weighted by molar-refractivity contribution is -0.522. The maximum atomic E-state index is 10.1. The summed E-state index contributed by atoms with van der Waals surface area (Å²) in [6.07, 6.45) is 6.08. The molecule has 0 aromatic carbocycles. The first-order valence-electron chi connectivity index (χ1n) is 3.09. The quantitative estimate of drug-likeness (QED) is 0.303. The number of nitro groups is 1. The third-order valence-electron chi connectivity index (χ3n) is 1.54. The molecule has 0 amide bonds. The highest BCUT2D eigenvalue weighted by molar-refractivity contribution is 4.89. The van der Waals surface area contributed by atoms with Crippen molar-refractivity contribution in [1.29, 1.82) is 0 Å². The van der Waals surface area contributed by atoms with Gasteiger partial charge < -0.3 is 0 Å². The molecule has 3 nitrogen and oxygen atoms in total. The standard InChI is InChI=1S/C6H9NO2/c8-7(9)6-4-2-1-3-5-6/h1-2,6H,3-5H2. The van der Waals surface area contributed by atoms with Crippen LogP contribution in [0.25, 0.3) is 0 Å². The summed E-state index contributed by atoms with van der Waals surface area (Å²) in [7, 11) is 0. The summed E-state index contributed by atoms with van der Waals surface area (Å²) in [5.41, 5.74) is 0. The van der Waals surface area contributed by atoms with Crippen LogP contribution >= 0.6 is 0 Å². The van der Waals surface area contributed by atoms with Crippen LogP contribution in [0, 0.1) is 10.1 Å². The average molecular weight is 127 g/mol. The lowest BCUT2D eigenvalue weighted by Crippen LogP contribution is -2.19. The molecule has 1 unspecified atom stereocenters. The second-order valence-electron chi connectivity index (χ2n) is 2.22. The molecule has 9 heavy (non-hydrogen) atoms. The highest BCUT2D eigenvalue weighted by Gasteiger charge is 2.18. The molecule has 3 heteroatoms. The zero-order valence-electron chi connectivity index (χ0n) is 5.12. The van der Waals surface area contributed by atoms with Gasteiger partial charge in [0.2, 0.25) is 6.04 Å². The van der Waals surface area contributed by atoms with E-state index in [-0.39, 0.29) is 11.0 Å². The number of rotatable bonds is 1. The summed E-state index contributed by atoms with van der Waals surface area (Å²) in [5.74, 6) is 0. The Morgan fingerprint density at radius 1 is 1.56 bits per heavy atom. The van der Waals surface area contributed by atoms with Gasteiger partial charge in [-0.15, -0.1) is 0 Å². The van der Waals surface area contributed by atoms with Gasteiger partial charge >= 0.3 is 0 Å². The Hall–Kier alpha value is -0.860. The SMILES string of the molecule is O=[N+]([O-])C1CC=CCC1. The van der Waals surface area contributed by atoms with Crippen LogP contribution in [0.5, 0.6) is 0 Å². The van der Waals surface area contributed by atoms with Crippen LogP contribution in [-0.2, 0) is 0 Å². The zero-order chi connectivity index (χ0) is 6.69. The molecular formula is C6H9NO2. The first-order chi connectivity index (χ1) is 4.30. The number of hydrogen-bond donors (Lipinski definition) is 0. The normalized spacial score (nSPS) is 26.0. The van der Waals surface area contributed by atoms with E-state index in [2.05, 4.69) is 0 Å². The third-order valence-corrected chi connectivity index (χ3v) is 1.54. The van der Waals surface area contributed by atoms with Gasteiger partial charge in [0.05, 0.1) is 0 Å². The van der Waals surface area contributed by atoms with Gasteiger partial charge in [-0.05, 0) is 6.42 Å². The van der Waals surface area contributed by atoms with Crippen LogP contribution in [-0.4, -0.2) is 11.0 Å². The summed E-state index contributed by atoms with van der Waals surface area (Å²) in [6.45, 7) is 0. The van der Waals surface area contributed by atoms with E-state index in [4.69, 9.17) is 0 Å². The van der Waals surface area contributed by atoms with Gasteiger partial charge in [-0.2, -0.15) is 0 Å². The Morgan fingerprint density at radius 3 is 2.67 bits per heavy atom. The van der Waals surface area contributed by atoms with Crippen LogP contribution in [0.15, 0.2) is 12.2 Å². The molecule has 1 aliphatic rings. The number of hydrogen-bond acceptors (Lipinski definition) is 2. The Labute approximate surface area is 53.5 Å². The molecule has 0 heterocycles. The molecule has 0 saturated heterocycles. The van der Waals surface area contributed by atoms with E-state index in [0.29, 0.717) is 12.8 Å². The Balaban J connectivity index is 2.44. The van der Waals surface area contributed by atoms with E-state index in [1.807, 2.05) is 12.2 Å². The van der Waals surface area contributed by atoms with Crippen molar-refractivity contribution in [2.24, 2.45) is 0 Å². The van der Waals surface area contributed by atoms with Crippen molar-refractivity contribution in [3.63, 3.8) is 0 Å². The Kier molecular flexibility index (Phi) is 1.82. The minimum atomic E-state index is -0.310. The molecule has 1 atom stereocenters. The molecule has 0 aromatic rings. The molecule has 0 fully saturated rings. The maximum Gasteiger partial charge on any atom is 0.216 e. The number of allylic oxidation sites excluding steroid dienone is 1. The molecule has 50 valence electrons. The average Bonchev–Trinajstić information content (AvgIpc) is 1.90. The lowest BCUT2D eigenvalue weighted by Gasteiger charge is -2.08. The molecule has 1 rings (SSSR count). The fourth-order valence-corrected chi connectivity index (χ4v) is 0.969. The Morgan fingerprint density at radius 2 is 2.33 bits per heavy atom. The van der Waals surface area contributed by atoms with Gasteiger partial charge in [0, 0.05) is 17.8 Å². The predicted molar refractivity (Wildman–Crippen MR) is 33.8 cm³/mol. The highest BCUT2D eigenvalue weighted by Crippen LogP contribution is 2.12. The van der Waals surface area contributed by atoms with E-state index < -0.39 is 0 Å². The zero-order valence-corrected chi connectivity index (χ0v) is 5.12. The minimum Gasteiger partial charge on any atom is -0.264 e. The fraction of sp³-hybridized carbons (Fsp3) is 0.667. The molecule has 0 radical (unpaired) electrons. The van der Waals surface area contributed by atoms with Crippen molar-refractivity contribution >= 4 is 0 Å². The molecule has 0 aromatic heterocycles. The summed E-state index contributed by atoms with van der Waals surface area (Å²) in [5, 5.41) is 10.1. The maximum absolute atomic E-state index is 10.1. The van der Waals surface area contributed by atoms with Crippen LogP contribution in [0.4, 0.5) is 0 Å². The first kappa shape index (κ1) is 6.26. The van der Waals surface area contributed by atoms with Gasteiger partial charge in [0.1, 0.15) is 0 Å². The van der Waals surface area contributed by atoms with E-state index in [1.54, 1.807) is 0 Å². The van der Waals surface area contributed by atoms with Gasteiger partial charge in [-0.3, -0.25) is 10.1 Å². The molecular weight excluding hydrogens is 118 g/mol. The molecule has 0 N–H and O–H groups in total. The lowest BCUT2D eigenvalue weighted by atomic mass is 10.0. The Bertz CT molecular complexity index is 142. The van der Waals surface area contributed by atoms with Gasteiger partial charge in [-0.1, -0.05) is 12.2 Å². The topological polar surface area (TPSA) is 43.1 Å². The van der Waals surface area contributed by atoms with Crippen LogP contribution < -0.4 is 0 Å². The van der Waals surface area contributed by atoms with Crippen molar-refractivity contribution < 1.29 is 4.92 Å². The van der Waals surface area contributed by atoms with Crippen molar-refractivity contribution in [2.45, 2.75) is 25.3 Å². The monoisotopic (exact) mass is 127 g/mol. The van der Waals surface area contributed by atoms with Crippen molar-refractivity contribution in [3.05, 3.63) is 22.3 Å². The summed E-state index contributed by atoms with van der Waals surface area (Å²) in [6, 6.07) is -0.310. The van der Waals surface area contributed by atoms with Crippen LogP contribution in [0.2, 0.25) is 0 Å². The van der Waals surface area contributed by atoms with Gasteiger partial charge in [0.25, 0.3) is 0 Å². The summed E-state index contributed by atoms with van der Waals surface area (Å²) >= 11 is 0. The number of nitrogens with zero attached hydrogens (tertiary/aromatic N) is 1. The van der Waals surface area contributed by atoms with Gasteiger partial charge in [-0.25, -0.2) is 0 Å². The minimum absolute atomic E-state index is 0.191. The van der Waals surface area contributed by atoms with E-state index >= 15 is 0 Å². The van der Waals surface area contributed by atoms with Gasteiger partial charge in [0.15, 0.2) is 0 Å². The van der Waals surface area contributed by atoms with Crippen molar-refractivity contribution in [2.75, 3.05) is 0 Å². The molecule has 0 bridgehead atoms. The molecule has 1 aliphatic carbocycles. The largest absolute Gasteiger partial charge is 0.264 e. The summed E-state index contributed by atoms with van der Waals surface area (Å²) in [4.78, 5) is 9.94. The molecule has 0 saturated carbocycles. The molecule has 0 spiro atoms. The van der Waals surface area contributed by atoms with E-state index in [0.717, 1.165) is 6.42 Å². The van der Waals surface area contributed by atoms with Crippen molar-refractivity contribution in [3.8, 4) is 0 Å². The highest BCUT2D eigenvalue weighted by atomic mass is 16.6.